The third-order valence-corrected chi connectivity index (χ3v) is 4.68. The van der Waals surface area contributed by atoms with Crippen LogP contribution in [0.2, 0.25) is 0 Å². The second-order valence-corrected chi connectivity index (χ2v) is 6.33. The molecule has 2 heterocycles. The Bertz CT molecular complexity index is 189. The van der Waals surface area contributed by atoms with Gasteiger partial charge in [-0.2, -0.15) is 11.8 Å². The van der Waals surface area contributed by atoms with E-state index in [1.165, 1.54) is 83.1 Å². The zero-order valence-corrected chi connectivity index (χ0v) is 11.8. The highest BCUT2D eigenvalue weighted by Crippen LogP contribution is 2.08. The van der Waals surface area contributed by atoms with E-state index in [1.54, 1.807) is 0 Å². The average Bonchev–Trinajstić information content (AvgIpc) is 2.88. The third kappa shape index (κ3) is 5.60. The fourth-order valence-corrected chi connectivity index (χ4v) is 3.60. The molecule has 3 nitrogen and oxygen atoms in total. The van der Waals surface area contributed by atoms with Crippen LogP contribution in [0.15, 0.2) is 0 Å². The van der Waals surface area contributed by atoms with Gasteiger partial charge in [0.1, 0.15) is 0 Å². The van der Waals surface area contributed by atoms with Crippen molar-refractivity contribution in [3.8, 4) is 0 Å². The van der Waals surface area contributed by atoms with Crippen LogP contribution in [0.4, 0.5) is 0 Å². The van der Waals surface area contributed by atoms with E-state index in [-0.39, 0.29) is 0 Å². The van der Waals surface area contributed by atoms with Gasteiger partial charge in [-0.05, 0) is 45.4 Å². The summed E-state index contributed by atoms with van der Waals surface area (Å²) >= 11 is 2.09. The van der Waals surface area contributed by atoms with Gasteiger partial charge in [-0.25, -0.2) is 0 Å². The zero-order chi connectivity index (χ0) is 11.8. The van der Waals surface area contributed by atoms with E-state index in [0.29, 0.717) is 0 Å². The Balaban J connectivity index is 1.38. The topological polar surface area (TPSA) is 18.5 Å². The highest BCUT2D eigenvalue weighted by Gasteiger charge is 2.10. The number of nitrogens with zero attached hydrogens (tertiary/aromatic N) is 2. The lowest BCUT2D eigenvalue weighted by molar-refractivity contribution is 0.296. The fraction of sp³-hybridized carbons (Fsp3) is 1.00. The molecule has 0 amide bonds. The molecule has 100 valence electrons. The van der Waals surface area contributed by atoms with Gasteiger partial charge in [-0.15, -0.1) is 0 Å². The first kappa shape index (κ1) is 13.7. The van der Waals surface area contributed by atoms with E-state index < -0.39 is 0 Å². The molecule has 0 aromatic carbocycles. The van der Waals surface area contributed by atoms with Gasteiger partial charge in [0.05, 0.1) is 0 Å². The molecule has 0 aromatic rings. The molecule has 0 saturated carbocycles. The van der Waals surface area contributed by atoms with Gasteiger partial charge in [0.2, 0.25) is 0 Å². The first-order valence-corrected chi connectivity index (χ1v) is 8.34. The Hall–Kier alpha value is 0.230. The van der Waals surface area contributed by atoms with Crippen LogP contribution in [0.5, 0.6) is 0 Å². The number of likely N-dealkylation sites (tertiary alicyclic amines) is 1. The van der Waals surface area contributed by atoms with E-state index in [9.17, 15) is 0 Å². The number of nitrogens with one attached hydrogen (secondary N) is 1. The smallest absolute Gasteiger partial charge is 0.0107 e. The SMILES string of the molecule is C1CCN(CCCNCCN2CCSCC2)C1. The van der Waals surface area contributed by atoms with Crippen LogP contribution < -0.4 is 5.32 Å². The molecule has 0 atom stereocenters. The monoisotopic (exact) mass is 257 g/mol. The van der Waals surface area contributed by atoms with Gasteiger partial charge in [0.15, 0.2) is 0 Å². The van der Waals surface area contributed by atoms with Crippen molar-refractivity contribution in [3.63, 3.8) is 0 Å². The summed E-state index contributed by atoms with van der Waals surface area (Å²) in [4.78, 5) is 5.19. The largest absolute Gasteiger partial charge is 0.315 e. The molecule has 0 bridgehead atoms. The quantitative estimate of drug-likeness (QED) is 0.689. The molecule has 2 saturated heterocycles. The summed E-state index contributed by atoms with van der Waals surface area (Å²) in [5.74, 6) is 2.66. The summed E-state index contributed by atoms with van der Waals surface area (Å²) in [5, 5.41) is 3.58. The summed E-state index contributed by atoms with van der Waals surface area (Å²) in [6.45, 7) is 10.2. The highest BCUT2D eigenvalue weighted by atomic mass is 32.2. The van der Waals surface area contributed by atoms with Gasteiger partial charge < -0.3 is 15.1 Å². The molecule has 17 heavy (non-hydrogen) atoms. The molecule has 0 spiro atoms. The van der Waals surface area contributed by atoms with Crippen LogP contribution >= 0.6 is 11.8 Å². The molecule has 0 aliphatic carbocycles. The molecule has 2 aliphatic rings. The molecule has 0 unspecified atom stereocenters. The lowest BCUT2D eigenvalue weighted by Crippen LogP contribution is -2.38. The van der Waals surface area contributed by atoms with Crippen LogP contribution in [0.1, 0.15) is 19.3 Å². The second kappa shape index (κ2) is 8.35. The molecule has 0 radical (unpaired) electrons. The maximum atomic E-state index is 3.58. The lowest BCUT2D eigenvalue weighted by atomic mass is 10.4. The molecule has 2 rings (SSSR count). The Morgan fingerprint density at radius 3 is 2.29 bits per heavy atom. The van der Waals surface area contributed by atoms with Crippen molar-refractivity contribution in [2.24, 2.45) is 0 Å². The molecule has 4 heteroatoms. The predicted octanol–water partition coefficient (Wildman–Crippen LogP) is 1.11. The highest BCUT2D eigenvalue weighted by molar-refractivity contribution is 7.99. The maximum absolute atomic E-state index is 3.58. The Morgan fingerprint density at radius 2 is 1.53 bits per heavy atom. The Kier molecular flexibility index (Phi) is 6.71. The van der Waals surface area contributed by atoms with Crippen molar-refractivity contribution in [2.45, 2.75) is 19.3 Å². The van der Waals surface area contributed by atoms with Crippen molar-refractivity contribution in [1.29, 1.82) is 0 Å². The molecular formula is C13H27N3S. The van der Waals surface area contributed by atoms with Crippen molar-refractivity contribution in [1.82, 2.24) is 15.1 Å². The predicted molar refractivity (Wildman–Crippen MR) is 76.9 cm³/mol. The van der Waals surface area contributed by atoms with Gasteiger partial charge >= 0.3 is 0 Å². The molecule has 1 N–H and O–H groups in total. The molecule has 2 aliphatic heterocycles. The van der Waals surface area contributed by atoms with Crippen LogP contribution in [0.3, 0.4) is 0 Å². The Morgan fingerprint density at radius 1 is 0.824 bits per heavy atom. The van der Waals surface area contributed by atoms with Crippen molar-refractivity contribution >= 4 is 11.8 Å². The molecule has 0 aromatic heterocycles. The number of thioether (sulfide) groups is 1. The van der Waals surface area contributed by atoms with Crippen LogP contribution in [0, 0.1) is 0 Å². The van der Waals surface area contributed by atoms with E-state index in [1.807, 2.05) is 0 Å². The summed E-state index contributed by atoms with van der Waals surface area (Å²) in [6.07, 6.45) is 4.15. The van der Waals surface area contributed by atoms with Gasteiger partial charge in [-0.1, -0.05) is 0 Å². The molecule has 2 fully saturated rings. The van der Waals surface area contributed by atoms with Crippen molar-refractivity contribution < 1.29 is 0 Å². The first-order chi connectivity index (χ1) is 8.45. The standard InChI is InChI=1S/C13H27N3S/c1-2-7-15(6-1)8-3-4-14-5-9-16-10-12-17-13-11-16/h14H,1-13H2. The fourth-order valence-electron chi connectivity index (χ4n) is 2.62. The molecular weight excluding hydrogens is 230 g/mol. The van der Waals surface area contributed by atoms with E-state index in [2.05, 4.69) is 26.9 Å². The summed E-state index contributed by atoms with van der Waals surface area (Å²) in [7, 11) is 0. The van der Waals surface area contributed by atoms with Crippen molar-refractivity contribution in [3.05, 3.63) is 0 Å². The van der Waals surface area contributed by atoms with E-state index in [4.69, 9.17) is 0 Å². The first-order valence-electron chi connectivity index (χ1n) is 7.18. The normalized spacial score (nSPS) is 23.3. The minimum atomic E-state index is 1.17. The minimum absolute atomic E-state index is 1.17. The van der Waals surface area contributed by atoms with Crippen LogP contribution in [0.25, 0.3) is 0 Å². The summed E-state index contributed by atoms with van der Waals surface area (Å²) < 4.78 is 0. The number of rotatable bonds is 7. The minimum Gasteiger partial charge on any atom is -0.315 e. The van der Waals surface area contributed by atoms with E-state index >= 15 is 0 Å². The number of hydrogen-bond acceptors (Lipinski definition) is 4. The van der Waals surface area contributed by atoms with E-state index in [0.717, 1.165) is 0 Å². The third-order valence-electron chi connectivity index (χ3n) is 3.74. The number of hydrogen-bond donors (Lipinski definition) is 1. The summed E-state index contributed by atoms with van der Waals surface area (Å²) in [6, 6.07) is 0. The summed E-state index contributed by atoms with van der Waals surface area (Å²) in [5.41, 5.74) is 0. The second-order valence-electron chi connectivity index (χ2n) is 5.11. The van der Waals surface area contributed by atoms with Crippen LogP contribution in [-0.2, 0) is 0 Å². The van der Waals surface area contributed by atoms with Crippen molar-refractivity contribution in [2.75, 3.05) is 63.9 Å². The van der Waals surface area contributed by atoms with Crippen LogP contribution in [-0.4, -0.2) is 73.7 Å². The zero-order valence-electron chi connectivity index (χ0n) is 11.0. The maximum Gasteiger partial charge on any atom is 0.0107 e. The Labute approximate surface area is 110 Å². The van der Waals surface area contributed by atoms with Gasteiger partial charge in [-0.3, -0.25) is 0 Å². The lowest BCUT2D eigenvalue weighted by Gasteiger charge is -2.26. The van der Waals surface area contributed by atoms with Gasteiger partial charge in [0.25, 0.3) is 0 Å². The van der Waals surface area contributed by atoms with Gasteiger partial charge in [0, 0.05) is 37.7 Å². The average molecular weight is 257 g/mol.